The van der Waals surface area contributed by atoms with Crippen molar-refractivity contribution >= 4 is 11.3 Å². The van der Waals surface area contributed by atoms with E-state index in [9.17, 15) is 4.39 Å². The topological polar surface area (TPSA) is 34.1 Å². The van der Waals surface area contributed by atoms with E-state index in [1.54, 1.807) is 13.2 Å². The number of rotatable bonds is 6. The number of benzene rings is 1. The molecule has 21 heavy (non-hydrogen) atoms. The summed E-state index contributed by atoms with van der Waals surface area (Å²) >= 11 is 1.52. The SMILES string of the molecule is COCc1nc(-c2cc(C)ccc2F)sc1CNC(C)C. The predicted molar refractivity (Wildman–Crippen MR) is 84.9 cm³/mol. The molecule has 0 radical (unpaired) electrons. The molecule has 0 bridgehead atoms. The quantitative estimate of drug-likeness (QED) is 0.879. The Labute approximate surface area is 129 Å². The summed E-state index contributed by atoms with van der Waals surface area (Å²) in [5.74, 6) is -0.235. The van der Waals surface area contributed by atoms with E-state index in [-0.39, 0.29) is 5.82 Å². The van der Waals surface area contributed by atoms with Gasteiger partial charge >= 0.3 is 0 Å². The monoisotopic (exact) mass is 308 g/mol. The zero-order valence-electron chi connectivity index (χ0n) is 12.9. The third kappa shape index (κ3) is 4.09. The Morgan fingerprint density at radius 3 is 2.81 bits per heavy atom. The lowest BCUT2D eigenvalue weighted by molar-refractivity contribution is 0.181. The molecule has 0 saturated carbocycles. The van der Waals surface area contributed by atoms with Crippen LogP contribution >= 0.6 is 11.3 Å². The number of ether oxygens (including phenoxy) is 1. The summed E-state index contributed by atoms with van der Waals surface area (Å²) in [6.45, 7) is 7.31. The van der Waals surface area contributed by atoms with Gasteiger partial charge in [0.15, 0.2) is 0 Å². The van der Waals surface area contributed by atoms with E-state index in [1.807, 2.05) is 13.0 Å². The molecular formula is C16H21FN2OS. The number of halogens is 1. The predicted octanol–water partition coefficient (Wildman–Crippen LogP) is 3.90. The van der Waals surface area contributed by atoms with Gasteiger partial charge in [-0.15, -0.1) is 11.3 Å². The highest BCUT2D eigenvalue weighted by Crippen LogP contribution is 2.31. The number of methoxy groups -OCH3 is 1. The molecule has 0 aliphatic heterocycles. The average molecular weight is 308 g/mol. The molecule has 1 aromatic carbocycles. The highest BCUT2D eigenvalue weighted by atomic mass is 32.1. The smallest absolute Gasteiger partial charge is 0.133 e. The van der Waals surface area contributed by atoms with Gasteiger partial charge in [-0.25, -0.2) is 9.37 Å². The first-order valence-electron chi connectivity index (χ1n) is 6.98. The van der Waals surface area contributed by atoms with Crippen molar-refractivity contribution in [3.8, 4) is 10.6 Å². The molecule has 1 aromatic heterocycles. The van der Waals surface area contributed by atoms with Crippen molar-refractivity contribution in [3.63, 3.8) is 0 Å². The van der Waals surface area contributed by atoms with Gasteiger partial charge < -0.3 is 10.1 Å². The first-order valence-corrected chi connectivity index (χ1v) is 7.80. The van der Waals surface area contributed by atoms with E-state index in [4.69, 9.17) is 4.74 Å². The summed E-state index contributed by atoms with van der Waals surface area (Å²) in [4.78, 5) is 5.66. The lowest BCUT2D eigenvalue weighted by atomic mass is 10.1. The third-order valence-corrected chi connectivity index (χ3v) is 4.21. The number of aryl methyl sites for hydroxylation is 1. The Kier molecular flexibility index (Phi) is 5.45. The first kappa shape index (κ1) is 16.1. The van der Waals surface area contributed by atoms with Gasteiger partial charge in [-0.1, -0.05) is 25.5 Å². The Morgan fingerprint density at radius 2 is 2.14 bits per heavy atom. The van der Waals surface area contributed by atoms with E-state index < -0.39 is 0 Å². The fourth-order valence-corrected chi connectivity index (χ4v) is 3.02. The fourth-order valence-electron chi connectivity index (χ4n) is 1.99. The second-order valence-electron chi connectivity index (χ2n) is 5.34. The van der Waals surface area contributed by atoms with Crippen LogP contribution in [-0.2, 0) is 17.9 Å². The van der Waals surface area contributed by atoms with Gasteiger partial charge in [0.25, 0.3) is 0 Å². The van der Waals surface area contributed by atoms with E-state index >= 15 is 0 Å². The molecule has 2 aromatic rings. The highest BCUT2D eigenvalue weighted by molar-refractivity contribution is 7.15. The van der Waals surface area contributed by atoms with Crippen molar-refractivity contribution in [2.75, 3.05) is 7.11 Å². The number of hydrogen-bond donors (Lipinski definition) is 1. The molecule has 114 valence electrons. The van der Waals surface area contributed by atoms with Crippen molar-refractivity contribution in [2.24, 2.45) is 0 Å². The minimum Gasteiger partial charge on any atom is -0.378 e. The molecule has 1 N–H and O–H groups in total. The number of hydrogen-bond acceptors (Lipinski definition) is 4. The second kappa shape index (κ2) is 7.11. The van der Waals surface area contributed by atoms with Gasteiger partial charge in [-0.2, -0.15) is 0 Å². The van der Waals surface area contributed by atoms with Crippen LogP contribution in [0.2, 0.25) is 0 Å². The maximum absolute atomic E-state index is 14.0. The summed E-state index contributed by atoms with van der Waals surface area (Å²) in [6.07, 6.45) is 0. The number of thiazole rings is 1. The van der Waals surface area contributed by atoms with Crippen LogP contribution in [0, 0.1) is 12.7 Å². The minimum atomic E-state index is -0.235. The van der Waals surface area contributed by atoms with Crippen LogP contribution in [0.3, 0.4) is 0 Å². The summed E-state index contributed by atoms with van der Waals surface area (Å²) in [6, 6.07) is 5.49. The van der Waals surface area contributed by atoms with Crippen LogP contribution in [0.4, 0.5) is 4.39 Å². The summed E-state index contributed by atoms with van der Waals surface area (Å²) < 4.78 is 19.2. The minimum absolute atomic E-state index is 0.235. The van der Waals surface area contributed by atoms with Gasteiger partial charge in [0.05, 0.1) is 12.3 Å². The molecule has 1 heterocycles. The Balaban J connectivity index is 2.35. The van der Waals surface area contributed by atoms with E-state index in [2.05, 4.69) is 24.1 Å². The summed E-state index contributed by atoms with van der Waals surface area (Å²) in [5, 5.41) is 4.08. The van der Waals surface area contributed by atoms with Gasteiger partial charge in [0, 0.05) is 30.1 Å². The van der Waals surface area contributed by atoms with Gasteiger partial charge in [0.1, 0.15) is 10.8 Å². The molecule has 0 unspecified atom stereocenters. The lowest BCUT2D eigenvalue weighted by Gasteiger charge is -2.07. The molecule has 0 aliphatic carbocycles. The Morgan fingerprint density at radius 1 is 1.38 bits per heavy atom. The van der Waals surface area contributed by atoms with Gasteiger partial charge in [0.2, 0.25) is 0 Å². The fraction of sp³-hybridized carbons (Fsp3) is 0.438. The van der Waals surface area contributed by atoms with Crippen LogP contribution in [0.5, 0.6) is 0 Å². The molecule has 0 fully saturated rings. The van der Waals surface area contributed by atoms with E-state index in [1.165, 1.54) is 17.4 Å². The van der Waals surface area contributed by atoms with E-state index in [0.29, 0.717) is 23.2 Å². The Bertz CT molecular complexity index is 610. The zero-order chi connectivity index (χ0) is 15.4. The molecule has 0 saturated heterocycles. The van der Waals surface area contributed by atoms with Gasteiger partial charge in [-0.3, -0.25) is 0 Å². The normalized spacial score (nSPS) is 11.3. The molecule has 0 atom stereocenters. The standard InChI is InChI=1S/C16H21FN2OS/c1-10(2)18-8-15-14(9-20-4)19-16(21-15)12-7-11(3)5-6-13(12)17/h5-7,10,18H,8-9H2,1-4H3. The van der Waals surface area contributed by atoms with Crippen LogP contribution < -0.4 is 5.32 Å². The molecular weight excluding hydrogens is 287 g/mol. The second-order valence-corrected chi connectivity index (χ2v) is 6.42. The van der Waals surface area contributed by atoms with Gasteiger partial charge in [-0.05, 0) is 19.1 Å². The molecule has 0 amide bonds. The van der Waals surface area contributed by atoms with E-state index in [0.717, 1.165) is 22.7 Å². The van der Waals surface area contributed by atoms with Crippen molar-refractivity contribution < 1.29 is 9.13 Å². The average Bonchev–Trinajstić information content (AvgIpc) is 2.83. The summed E-state index contributed by atoms with van der Waals surface area (Å²) in [7, 11) is 1.64. The highest BCUT2D eigenvalue weighted by Gasteiger charge is 2.15. The van der Waals surface area contributed by atoms with Crippen molar-refractivity contribution in [2.45, 2.75) is 40.0 Å². The number of nitrogens with one attached hydrogen (secondary N) is 1. The molecule has 2 rings (SSSR count). The maximum atomic E-state index is 14.0. The zero-order valence-corrected chi connectivity index (χ0v) is 13.7. The van der Waals surface area contributed by atoms with Crippen molar-refractivity contribution in [1.82, 2.24) is 10.3 Å². The molecule has 0 spiro atoms. The Hall–Kier alpha value is -1.30. The lowest BCUT2D eigenvalue weighted by Crippen LogP contribution is -2.21. The summed E-state index contributed by atoms with van der Waals surface area (Å²) in [5.41, 5.74) is 2.47. The van der Waals surface area contributed by atoms with Crippen LogP contribution in [0.25, 0.3) is 10.6 Å². The van der Waals surface area contributed by atoms with Crippen LogP contribution in [0.1, 0.15) is 30.0 Å². The first-order chi connectivity index (χ1) is 10.0. The van der Waals surface area contributed by atoms with Crippen molar-refractivity contribution in [1.29, 1.82) is 0 Å². The molecule has 3 nitrogen and oxygen atoms in total. The third-order valence-electron chi connectivity index (χ3n) is 3.08. The maximum Gasteiger partial charge on any atom is 0.133 e. The largest absolute Gasteiger partial charge is 0.378 e. The number of aromatic nitrogens is 1. The van der Waals surface area contributed by atoms with Crippen LogP contribution in [0.15, 0.2) is 18.2 Å². The van der Waals surface area contributed by atoms with Crippen LogP contribution in [-0.4, -0.2) is 18.1 Å². The van der Waals surface area contributed by atoms with Crippen molar-refractivity contribution in [3.05, 3.63) is 40.2 Å². The molecule has 5 heteroatoms. The number of nitrogens with zero attached hydrogens (tertiary/aromatic N) is 1. The molecule has 0 aliphatic rings.